The molecule has 0 unspecified atom stereocenters. The summed E-state index contributed by atoms with van der Waals surface area (Å²) in [5.74, 6) is 0. The Balaban J connectivity index is 2.72. The number of thiocarbonyl (C=S) groups is 1. The van der Waals surface area contributed by atoms with Crippen LogP contribution >= 0.6 is 12.2 Å². The summed E-state index contributed by atoms with van der Waals surface area (Å²) in [5.41, 5.74) is 0. The molecule has 6 heavy (non-hydrogen) atoms. The average Bonchev–Trinajstić information content (AvgIpc) is 1.61. The summed E-state index contributed by atoms with van der Waals surface area (Å²) < 4.78 is 0. The fraction of sp³-hybridized carbons (Fsp3) is 0.250. The van der Waals surface area contributed by atoms with Crippen molar-refractivity contribution < 1.29 is 0 Å². The van der Waals surface area contributed by atoms with Gasteiger partial charge in [-0.15, -0.1) is 0 Å². The Labute approximate surface area is 42.6 Å². The van der Waals surface area contributed by atoms with E-state index in [9.17, 15) is 0 Å². The van der Waals surface area contributed by atoms with Gasteiger partial charge in [0.25, 0.3) is 0 Å². The Hall–Kier alpha value is -0.420. The third kappa shape index (κ3) is 3.58. The Morgan fingerprint density at radius 1 is 1.83 bits per heavy atom. The molecule has 0 aromatic heterocycles. The van der Waals surface area contributed by atoms with Crippen molar-refractivity contribution in [2.24, 2.45) is 0 Å². The van der Waals surface area contributed by atoms with Crippen LogP contribution in [-0.4, -0.2) is 5.37 Å². The minimum Gasteiger partial charge on any atom is -0.198 e. The number of hydrogen-bond acceptors (Lipinski definition) is 2. The smallest absolute Gasteiger partial charge is 0.0673 e. The SMILES string of the molecule is N#C[CH]CC=S. The molecule has 0 aliphatic heterocycles. The van der Waals surface area contributed by atoms with Crippen molar-refractivity contribution in [2.75, 3.05) is 0 Å². The van der Waals surface area contributed by atoms with E-state index in [0.717, 1.165) is 0 Å². The topological polar surface area (TPSA) is 23.8 Å². The second-order valence-electron chi connectivity index (χ2n) is 0.736. The predicted molar refractivity (Wildman–Crippen MR) is 28.2 cm³/mol. The molecule has 0 amide bonds. The molecule has 0 saturated carbocycles. The van der Waals surface area contributed by atoms with Crippen molar-refractivity contribution in [3.05, 3.63) is 6.42 Å². The number of nitrogens with zero attached hydrogens (tertiary/aromatic N) is 1. The van der Waals surface area contributed by atoms with Gasteiger partial charge in [-0.2, -0.15) is 5.26 Å². The molecule has 0 aromatic carbocycles. The quantitative estimate of drug-likeness (QED) is 0.381. The van der Waals surface area contributed by atoms with Crippen LogP contribution in [0, 0.1) is 17.8 Å². The fourth-order valence-corrected chi connectivity index (χ4v) is 0.197. The van der Waals surface area contributed by atoms with Gasteiger partial charge in [0.1, 0.15) is 0 Å². The van der Waals surface area contributed by atoms with E-state index in [4.69, 9.17) is 5.26 Å². The van der Waals surface area contributed by atoms with Gasteiger partial charge in [0.05, 0.1) is 12.5 Å². The summed E-state index contributed by atoms with van der Waals surface area (Å²) in [5, 5.41) is 9.34. The van der Waals surface area contributed by atoms with E-state index >= 15 is 0 Å². The minimum atomic E-state index is 0.617. The second-order valence-corrected chi connectivity index (χ2v) is 1.07. The molecule has 0 aromatic rings. The number of hydrogen-bond donors (Lipinski definition) is 0. The minimum absolute atomic E-state index is 0.617. The van der Waals surface area contributed by atoms with E-state index in [1.165, 1.54) is 11.8 Å². The Kier molecular flexibility index (Phi) is 4.26. The van der Waals surface area contributed by atoms with Gasteiger partial charge in [-0.25, -0.2) is 0 Å². The van der Waals surface area contributed by atoms with Crippen molar-refractivity contribution in [3.63, 3.8) is 0 Å². The van der Waals surface area contributed by atoms with Crippen molar-refractivity contribution in [1.29, 1.82) is 5.26 Å². The van der Waals surface area contributed by atoms with Crippen LogP contribution in [0.5, 0.6) is 0 Å². The van der Waals surface area contributed by atoms with Crippen molar-refractivity contribution >= 4 is 17.6 Å². The van der Waals surface area contributed by atoms with Crippen LogP contribution in [0.1, 0.15) is 6.42 Å². The van der Waals surface area contributed by atoms with Crippen LogP contribution in [-0.2, 0) is 0 Å². The summed E-state index contributed by atoms with van der Waals surface area (Å²) >= 11 is 4.41. The van der Waals surface area contributed by atoms with Crippen LogP contribution in [0.25, 0.3) is 0 Å². The monoisotopic (exact) mass is 98.0 g/mol. The Morgan fingerprint density at radius 3 is 2.67 bits per heavy atom. The van der Waals surface area contributed by atoms with Gasteiger partial charge in [-0.05, 0) is 11.8 Å². The second kappa shape index (κ2) is 4.58. The zero-order valence-electron chi connectivity index (χ0n) is 3.22. The van der Waals surface area contributed by atoms with Crippen molar-refractivity contribution in [1.82, 2.24) is 0 Å². The zero-order valence-corrected chi connectivity index (χ0v) is 4.03. The maximum absolute atomic E-state index is 7.83. The lowest BCUT2D eigenvalue weighted by atomic mass is 10.4. The molecule has 0 bridgehead atoms. The zero-order chi connectivity index (χ0) is 4.83. The van der Waals surface area contributed by atoms with Crippen LogP contribution in [0.3, 0.4) is 0 Å². The molecule has 0 aliphatic rings. The predicted octanol–water partition coefficient (Wildman–Crippen LogP) is 1.10. The van der Waals surface area contributed by atoms with E-state index in [2.05, 4.69) is 12.2 Å². The summed E-state index contributed by atoms with van der Waals surface area (Å²) in [6.07, 6.45) is 2.07. The molecule has 0 N–H and O–H groups in total. The first-order valence-corrected chi connectivity index (χ1v) is 2.04. The maximum atomic E-state index is 7.83. The lowest BCUT2D eigenvalue weighted by molar-refractivity contribution is 1.39. The first-order valence-electron chi connectivity index (χ1n) is 1.56. The van der Waals surface area contributed by atoms with Crippen molar-refractivity contribution in [3.8, 4) is 6.07 Å². The number of rotatable bonds is 2. The summed E-state index contributed by atoms with van der Waals surface area (Å²) in [7, 11) is 0. The van der Waals surface area contributed by atoms with Gasteiger partial charge in [-0.3, -0.25) is 0 Å². The molecule has 31 valence electrons. The molecule has 2 heteroatoms. The molecular formula is C4H4NS. The summed E-state index contributed by atoms with van der Waals surface area (Å²) in [6.45, 7) is 0. The first kappa shape index (κ1) is 5.58. The molecule has 1 radical (unpaired) electrons. The van der Waals surface area contributed by atoms with Crippen molar-refractivity contribution in [2.45, 2.75) is 6.42 Å². The number of nitriles is 1. The van der Waals surface area contributed by atoms with Crippen LogP contribution in [0.15, 0.2) is 0 Å². The number of unbranched alkanes of at least 4 members (excludes halogenated alkanes) is 1. The van der Waals surface area contributed by atoms with Gasteiger partial charge in [0.2, 0.25) is 0 Å². The molecule has 1 nitrogen and oxygen atoms in total. The Bertz CT molecular complexity index is 72.1. The molecule has 0 aliphatic carbocycles. The summed E-state index contributed by atoms with van der Waals surface area (Å²) in [6, 6.07) is 1.85. The van der Waals surface area contributed by atoms with Crippen LogP contribution < -0.4 is 0 Å². The van der Waals surface area contributed by atoms with E-state index < -0.39 is 0 Å². The van der Waals surface area contributed by atoms with E-state index in [0.29, 0.717) is 6.42 Å². The van der Waals surface area contributed by atoms with Gasteiger partial charge >= 0.3 is 0 Å². The third-order valence-corrected chi connectivity index (χ3v) is 0.498. The fourth-order valence-electron chi connectivity index (χ4n) is 0.101. The standard InChI is InChI=1S/C4H4NS/c5-3-1-2-4-6/h1,4H,2H2. The average molecular weight is 98.2 g/mol. The van der Waals surface area contributed by atoms with Crippen LogP contribution in [0.2, 0.25) is 0 Å². The van der Waals surface area contributed by atoms with Gasteiger partial charge in [-0.1, -0.05) is 12.2 Å². The highest BCUT2D eigenvalue weighted by Gasteiger charge is 1.72. The van der Waals surface area contributed by atoms with Gasteiger partial charge in [0, 0.05) is 0 Å². The molecule has 0 rings (SSSR count). The lowest BCUT2D eigenvalue weighted by Gasteiger charge is -1.68. The summed E-state index contributed by atoms with van der Waals surface area (Å²) in [4.78, 5) is 0. The van der Waals surface area contributed by atoms with E-state index in [-0.39, 0.29) is 0 Å². The largest absolute Gasteiger partial charge is 0.198 e. The molecule has 0 fully saturated rings. The van der Waals surface area contributed by atoms with E-state index in [1.807, 2.05) is 6.07 Å². The van der Waals surface area contributed by atoms with Crippen LogP contribution in [0.4, 0.5) is 0 Å². The van der Waals surface area contributed by atoms with Gasteiger partial charge < -0.3 is 0 Å². The highest BCUT2D eigenvalue weighted by atomic mass is 32.1. The maximum Gasteiger partial charge on any atom is 0.0673 e. The third-order valence-electron chi connectivity index (χ3n) is 0.305. The normalized spacial score (nSPS) is 6.50. The Morgan fingerprint density at radius 2 is 2.50 bits per heavy atom. The highest BCUT2D eigenvalue weighted by Crippen LogP contribution is 1.75. The molecule has 0 spiro atoms. The molecule has 0 saturated heterocycles. The van der Waals surface area contributed by atoms with E-state index in [1.54, 1.807) is 0 Å². The molecular weight excluding hydrogens is 94.1 g/mol. The lowest BCUT2D eigenvalue weighted by Crippen LogP contribution is -1.66. The highest BCUT2D eigenvalue weighted by molar-refractivity contribution is 7.78. The van der Waals surface area contributed by atoms with Gasteiger partial charge in [0.15, 0.2) is 0 Å². The molecule has 0 atom stereocenters. The molecule has 0 heterocycles. The first-order chi connectivity index (χ1) is 2.91.